The molecule has 1 aromatic carbocycles. The number of rotatable bonds is 3. The van der Waals surface area contributed by atoms with Crippen molar-refractivity contribution in [3.8, 4) is 5.75 Å². The summed E-state index contributed by atoms with van der Waals surface area (Å²) in [6.07, 6.45) is 6.00. The fraction of sp³-hybridized carbons (Fsp3) is 0.333. The maximum absolute atomic E-state index is 12.5. The second kappa shape index (κ2) is 4.88. The van der Waals surface area contributed by atoms with Crippen LogP contribution in [-0.4, -0.2) is 22.9 Å². The Balaban J connectivity index is 1.83. The van der Waals surface area contributed by atoms with Crippen LogP contribution in [-0.2, 0) is 12.8 Å². The van der Waals surface area contributed by atoms with E-state index in [4.69, 9.17) is 4.74 Å². The molecule has 1 aliphatic rings. The Labute approximate surface area is 111 Å². The third-order valence-corrected chi connectivity index (χ3v) is 3.73. The quantitative estimate of drug-likeness (QED) is 0.917. The normalized spacial score (nSPS) is 18.2. The Morgan fingerprint density at radius 1 is 1.47 bits per heavy atom. The highest BCUT2D eigenvalue weighted by atomic mass is 16.5. The van der Waals surface area contributed by atoms with Gasteiger partial charge in [0, 0.05) is 23.4 Å². The summed E-state index contributed by atoms with van der Waals surface area (Å²) in [5, 5.41) is 0. The van der Waals surface area contributed by atoms with Crippen molar-refractivity contribution >= 4 is 5.78 Å². The van der Waals surface area contributed by atoms with Crippen molar-refractivity contribution in [3.05, 3.63) is 47.5 Å². The van der Waals surface area contributed by atoms with Gasteiger partial charge in [-0.15, -0.1) is 0 Å². The number of methoxy groups -OCH3 is 1. The van der Waals surface area contributed by atoms with Gasteiger partial charge in [0.1, 0.15) is 5.75 Å². The molecular weight excluding hydrogens is 240 g/mol. The molecule has 0 bridgehead atoms. The fourth-order valence-corrected chi connectivity index (χ4v) is 2.68. The van der Waals surface area contributed by atoms with Crippen molar-refractivity contribution in [1.29, 1.82) is 0 Å². The zero-order valence-electron chi connectivity index (χ0n) is 10.8. The van der Waals surface area contributed by atoms with E-state index in [2.05, 4.69) is 9.97 Å². The van der Waals surface area contributed by atoms with E-state index in [9.17, 15) is 4.79 Å². The van der Waals surface area contributed by atoms with E-state index in [1.54, 1.807) is 19.6 Å². The first-order valence-electron chi connectivity index (χ1n) is 6.46. The van der Waals surface area contributed by atoms with Gasteiger partial charge in [0.05, 0.1) is 13.4 Å². The molecule has 19 heavy (non-hydrogen) atoms. The molecule has 4 heteroatoms. The monoisotopic (exact) mass is 256 g/mol. The van der Waals surface area contributed by atoms with Gasteiger partial charge in [-0.1, -0.05) is 0 Å². The second-order valence-corrected chi connectivity index (χ2v) is 4.90. The number of imidazole rings is 1. The van der Waals surface area contributed by atoms with Crippen LogP contribution < -0.4 is 4.74 Å². The van der Waals surface area contributed by atoms with Crippen molar-refractivity contribution in [2.45, 2.75) is 19.3 Å². The predicted octanol–water partition coefficient (Wildman–Crippen LogP) is 2.41. The number of ether oxygens (including phenoxy) is 1. The molecule has 98 valence electrons. The minimum Gasteiger partial charge on any atom is -0.497 e. The Morgan fingerprint density at radius 2 is 2.37 bits per heavy atom. The number of benzene rings is 1. The average molecular weight is 256 g/mol. The molecule has 1 atom stereocenters. The molecule has 1 heterocycles. The van der Waals surface area contributed by atoms with E-state index in [0.29, 0.717) is 0 Å². The summed E-state index contributed by atoms with van der Waals surface area (Å²) in [5.74, 6) is 1.11. The molecule has 0 aliphatic heterocycles. The molecule has 1 N–H and O–H groups in total. The first-order chi connectivity index (χ1) is 9.28. The van der Waals surface area contributed by atoms with Gasteiger partial charge in [0.15, 0.2) is 5.78 Å². The van der Waals surface area contributed by atoms with E-state index < -0.39 is 0 Å². The number of hydrogen-bond acceptors (Lipinski definition) is 3. The molecule has 1 aromatic heterocycles. The Morgan fingerprint density at radius 3 is 3.11 bits per heavy atom. The number of aryl methyl sites for hydroxylation is 1. The van der Waals surface area contributed by atoms with Gasteiger partial charge in [-0.25, -0.2) is 4.98 Å². The lowest BCUT2D eigenvalue weighted by molar-refractivity contribution is 0.0900. The van der Waals surface area contributed by atoms with Crippen LogP contribution in [0.5, 0.6) is 5.75 Å². The minimum atomic E-state index is 0.0568. The van der Waals surface area contributed by atoms with Gasteiger partial charge in [0.25, 0.3) is 0 Å². The Kier molecular flexibility index (Phi) is 3.07. The van der Waals surface area contributed by atoms with Crippen molar-refractivity contribution < 1.29 is 9.53 Å². The second-order valence-electron chi connectivity index (χ2n) is 4.90. The number of carbonyl (C=O) groups excluding carboxylic acids is 1. The number of aromatic amines is 1. The number of fused-ring (bicyclic) bond motifs is 1. The van der Waals surface area contributed by atoms with Crippen LogP contribution in [0.3, 0.4) is 0 Å². The van der Waals surface area contributed by atoms with E-state index in [1.807, 2.05) is 18.2 Å². The molecular formula is C15H16N2O2. The van der Waals surface area contributed by atoms with E-state index in [0.717, 1.165) is 41.8 Å². The highest BCUT2D eigenvalue weighted by molar-refractivity contribution is 6.00. The van der Waals surface area contributed by atoms with Crippen LogP contribution in [0.25, 0.3) is 0 Å². The standard InChI is InChI=1S/C15H16N2O2/c1-19-13-4-5-14-10(7-13)2-3-11(15(14)18)6-12-8-16-9-17-12/h4-5,7-9,11H,2-3,6H2,1H3,(H,16,17). The smallest absolute Gasteiger partial charge is 0.166 e. The molecule has 0 radical (unpaired) electrons. The van der Waals surface area contributed by atoms with Crippen molar-refractivity contribution in [3.63, 3.8) is 0 Å². The molecule has 4 nitrogen and oxygen atoms in total. The van der Waals surface area contributed by atoms with E-state index >= 15 is 0 Å². The van der Waals surface area contributed by atoms with E-state index in [-0.39, 0.29) is 11.7 Å². The maximum Gasteiger partial charge on any atom is 0.166 e. The first kappa shape index (κ1) is 12.0. The fourth-order valence-electron chi connectivity index (χ4n) is 2.68. The topological polar surface area (TPSA) is 55.0 Å². The van der Waals surface area contributed by atoms with Gasteiger partial charge >= 0.3 is 0 Å². The van der Waals surface area contributed by atoms with Gasteiger partial charge in [-0.05, 0) is 43.0 Å². The molecule has 0 saturated heterocycles. The molecule has 0 amide bonds. The highest BCUT2D eigenvalue weighted by Crippen LogP contribution is 2.30. The highest BCUT2D eigenvalue weighted by Gasteiger charge is 2.27. The molecule has 0 fully saturated rings. The predicted molar refractivity (Wildman–Crippen MR) is 71.4 cm³/mol. The van der Waals surface area contributed by atoms with Crippen molar-refractivity contribution in [2.75, 3.05) is 7.11 Å². The Hall–Kier alpha value is -2.10. The van der Waals surface area contributed by atoms with Gasteiger partial charge in [-0.2, -0.15) is 0 Å². The molecule has 2 aromatic rings. The summed E-state index contributed by atoms with van der Waals surface area (Å²) in [5.41, 5.74) is 2.97. The van der Waals surface area contributed by atoms with Crippen LogP contribution in [0.4, 0.5) is 0 Å². The lowest BCUT2D eigenvalue weighted by Crippen LogP contribution is -2.24. The third-order valence-electron chi connectivity index (χ3n) is 3.73. The third kappa shape index (κ3) is 2.26. The molecule has 0 spiro atoms. The SMILES string of the molecule is COc1ccc2c(c1)CCC(Cc1cnc[nH]1)C2=O. The zero-order chi connectivity index (χ0) is 13.2. The van der Waals surface area contributed by atoms with E-state index in [1.165, 1.54) is 0 Å². The largest absolute Gasteiger partial charge is 0.497 e. The lowest BCUT2D eigenvalue weighted by Gasteiger charge is -2.23. The number of aromatic nitrogens is 2. The number of Topliss-reactive ketones (excluding diaryl/α,β-unsaturated/α-hetero) is 1. The molecule has 1 unspecified atom stereocenters. The number of H-pyrrole nitrogens is 1. The number of hydrogen-bond donors (Lipinski definition) is 1. The summed E-state index contributed by atoms with van der Waals surface area (Å²) < 4.78 is 5.20. The van der Waals surface area contributed by atoms with Crippen molar-refractivity contribution in [2.24, 2.45) is 5.92 Å². The number of carbonyl (C=O) groups is 1. The number of ketones is 1. The average Bonchev–Trinajstić information content (AvgIpc) is 2.94. The molecule has 0 saturated carbocycles. The maximum atomic E-state index is 12.5. The van der Waals surface area contributed by atoms with Crippen LogP contribution >= 0.6 is 0 Å². The zero-order valence-corrected chi connectivity index (χ0v) is 10.8. The number of nitrogens with zero attached hydrogens (tertiary/aromatic N) is 1. The van der Waals surface area contributed by atoms with Crippen LogP contribution in [0.1, 0.15) is 28.0 Å². The van der Waals surface area contributed by atoms with Gasteiger partial charge < -0.3 is 9.72 Å². The Bertz CT molecular complexity index is 590. The summed E-state index contributed by atoms with van der Waals surface area (Å²) in [6, 6.07) is 5.71. The van der Waals surface area contributed by atoms with Gasteiger partial charge in [-0.3, -0.25) is 4.79 Å². The van der Waals surface area contributed by atoms with Crippen LogP contribution in [0, 0.1) is 5.92 Å². The molecule has 1 aliphatic carbocycles. The summed E-state index contributed by atoms with van der Waals surface area (Å²) in [7, 11) is 1.65. The van der Waals surface area contributed by atoms with Crippen molar-refractivity contribution in [1.82, 2.24) is 9.97 Å². The summed E-state index contributed by atoms with van der Waals surface area (Å²) in [4.78, 5) is 19.5. The number of nitrogens with one attached hydrogen (secondary N) is 1. The van der Waals surface area contributed by atoms with Crippen LogP contribution in [0.15, 0.2) is 30.7 Å². The lowest BCUT2D eigenvalue weighted by atomic mass is 9.80. The summed E-state index contributed by atoms with van der Waals surface area (Å²) >= 11 is 0. The minimum absolute atomic E-state index is 0.0568. The summed E-state index contributed by atoms with van der Waals surface area (Å²) in [6.45, 7) is 0. The van der Waals surface area contributed by atoms with Gasteiger partial charge in [0.2, 0.25) is 0 Å². The molecule has 3 rings (SSSR count). The first-order valence-corrected chi connectivity index (χ1v) is 6.46. The van der Waals surface area contributed by atoms with Crippen LogP contribution in [0.2, 0.25) is 0 Å².